The molecule has 0 saturated heterocycles. The van der Waals surface area contributed by atoms with Crippen LogP contribution in [-0.4, -0.2) is 39.5 Å². The average molecular weight is 338 g/mol. The zero-order chi connectivity index (χ0) is 18.1. The van der Waals surface area contributed by atoms with Gasteiger partial charge >= 0.3 is 6.55 Å². The van der Waals surface area contributed by atoms with E-state index in [-0.39, 0.29) is 23.8 Å². The SMILES string of the molecule is CC(c1nc2ccccc2n1C(F)F)N(C)CC(=O)NC(C)(C)C. The first-order chi connectivity index (χ1) is 11.1. The van der Waals surface area contributed by atoms with Crippen molar-refractivity contribution in [2.75, 3.05) is 13.6 Å². The van der Waals surface area contributed by atoms with E-state index in [2.05, 4.69) is 10.3 Å². The number of imidazole rings is 1. The van der Waals surface area contributed by atoms with Gasteiger partial charge in [-0.15, -0.1) is 0 Å². The average Bonchev–Trinajstić information content (AvgIpc) is 2.83. The van der Waals surface area contributed by atoms with Crippen LogP contribution in [0.1, 0.15) is 46.1 Å². The van der Waals surface area contributed by atoms with Crippen LogP contribution >= 0.6 is 0 Å². The van der Waals surface area contributed by atoms with Crippen LogP contribution in [0.2, 0.25) is 0 Å². The van der Waals surface area contributed by atoms with Gasteiger partial charge in [0.05, 0.1) is 23.6 Å². The molecule has 1 unspecified atom stereocenters. The van der Waals surface area contributed by atoms with Crippen molar-refractivity contribution in [3.05, 3.63) is 30.1 Å². The Balaban J connectivity index is 2.25. The molecule has 0 aliphatic rings. The first-order valence-corrected chi connectivity index (χ1v) is 7.86. The summed E-state index contributed by atoms with van der Waals surface area (Å²) < 4.78 is 28.0. The van der Waals surface area contributed by atoms with Crippen molar-refractivity contribution in [3.8, 4) is 0 Å². The zero-order valence-corrected chi connectivity index (χ0v) is 14.7. The fourth-order valence-corrected chi connectivity index (χ4v) is 2.58. The molecule has 5 nitrogen and oxygen atoms in total. The molecule has 2 rings (SSSR count). The normalized spacial score (nSPS) is 13.7. The summed E-state index contributed by atoms with van der Waals surface area (Å²) >= 11 is 0. The lowest BCUT2D eigenvalue weighted by Gasteiger charge is -2.27. The number of amides is 1. The number of hydrogen-bond donors (Lipinski definition) is 1. The highest BCUT2D eigenvalue weighted by Gasteiger charge is 2.25. The van der Waals surface area contributed by atoms with Crippen molar-refractivity contribution in [2.24, 2.45) is 0 Å². The summed E-state index contributed by atoms with van der Waals surface area (Å²) in [5.74, 6) is 0.0915. The molecule has 1 atom stereocenters. The van der Waals surface area contributed by atoms with Crippen LogP contribution in [0.4, 0.5) is 8.78 Å². The molecular formula is C17H24F2N4O. The summed E-state index contributed by atoms with van der Waals surface area (Å²) in [6.07, 6.45) is 0. The molecule has 0 saturated carbocycles. The van der Waals surface area contributed by atoms with Gasteiger partial charge in [0.2, 0.25) is 5.91 Å². The number of para-hydroxylation sites is 2. The molecule has 7 heteroatoms. The lowest BCUT2D eigenvalue weighted by Crippen LogP contribution is -2.45. The molecule has 2 aromatic rings. The zero-order valence-electron chi connectivity index (χ0n) is 14.7. The standard InChI is InChI=1S/C17H24F2N4O/c1-11(22(5)10-14(24)21-17(2,3)4)15-20-12-8-6-7-9-13(12)23(15)16(18)19/h6-9,11,16H,10H2,1-5H3,(H,21,24). The van der Waals surface area contributed by atoms with E-state index in [1.165, 1.54) is 0 Å². The lowest BCUT2D eigenvalue weighted by molar-refractivity contribution is -0.123. The molecule has 0 aliphatic heterocycles. The maximum Gasteiger partial charge on any atom is 0.320 e. The molecule has 1 amide bonds. The van der Waals surface area contributed by atoms with E-state index in [4.69, 9.17) is 0 Å². The minimum atomic E-state index is -2.69. The Labute approximate surface area is 140 Å². The second kappa shape index (κ2) is 6.84. The summed E-state index contributed by atoms with van der Waals surface area (Å²) in [6.45, 7) is 4.86. The number of carbonyl (C=O) groups excluding carboxylic acids is 1. The van der Waals surface area contributed by atoms with E-state index in [9.17, 15) is 13.6 Å². The molecule has 0 fully saturated rings. The quantitative estimate of drug-likeness (QED) is 0.910. The van der Waals surface area contributed by atoms with Gasteiger partial charge in [0, 0.05) is 5.54 Å². The predicted octanol–water partition coefficient (Wildman–Crippen LogP) is 3.34. The molecule has 24 heavy (non-hydrogen) atoms. The van der Waals surface area contributed by atoms with E-state index in [0.29, 0.717) is 11.0 Å². The molecule has 0 bridgehead atoms. The van der Waals surface area contributed by atoms with Gasteiger partial charge in [-0.25, -0.2) is 4.98 Å². The Bertz CT molecular complexity index is 721. The number of halogens is 2. The van der Waals surface area contributed by atoms with Gasteiger partial charge in [0.25, 0.3) is 0 Å². The van der Waals surface area contributed by atoms with E-state index in [1.807, 2.05) is 20.8 Å². The van der Waals surface area contributed by atoms with E-state index < -0.39 is 12.6 Å². The van der Waals surface area contributed by atoms with Crippen molar-refractivity contribution in [2.45, 2.75) is 45.8 Å². The van der Waals surface area contributed by atoms with Crippen LogP contribution < -0.4 is 5.32 Å². The molecule has 132 valence electrons. The number of likely N-dealkylation sites (N-methyl/N-ethyl adjacent to an activating group) is 1. The molecule has 1 aromatic carbocycles. The lowest BCUT2D eigenvalue weighted by atomic mass is 10.1. The van der Waals surface area contributed by atoms with Gasteiger partial charge in [-0.1, -0.05) is 12.1 Å². The number of aromatic nitrogens is 2. The maximum atomic E-state index is 13.5. The predicted molar refractivity (Wildman–Crippen MR) is 89.9 cm³/mol. The highest BCUT2D eigenvalue weighted by molar-refractivity contribution is 5.79. The molecule has 0 spiro atoms. The molecule has 1 aromatic heterocycles. The van der Waals surface area contributed by atoms with Crippen molar-refractivity contribution in [1.82, 2.24) is 19.8 Å². The first kappa shape index (κ1) is 18.3. The number of hydrogen-bond acceptors (Lipinski definition) is 3. The Morgan fingerprint density at radius 1 is 1.33 bits per heavy atom. The number of rotatable bonds is 5. The number of carbonyl (C=O) groups is 1. The van der Waals surface area contributed by atoms with Crippen molar-refractivity contribution < 1.29 is 13.6 Å². The highest BCUT2D eigenvalue weighted by Crippen LogP contribution is 2.28. The summed E-state index contributed by atoms with van der Waals surface area (Å²) in [7, 11) is 1.72. The Hall–Kier alpha value is -2.02. The summed E-state index contributed by atoms with van der Waals surface area (Å²) in [6, 6.07) is 6.36. The van der Waals surface area contributed by atoms with Gasteiger partial charge < -0.3 is 5.32 Å². The van der Waals surface area contributed by atoms with E-state index in [0.717, 1.165) is 4.57 Å². The van der Waals surface area contributed by atoms with Crippen LogP contribution in [-0.2, 0) is 4.79 Å². The van der Waals surface area contributed by atoms with Crippen LogP contribution in [0.15, 0.2) is 24.3 Å². The largest absolute Gasteiger partial charge is 0.350 e. The van der Waals surface area contributed by atoms with Crippen LogP contribution in [0.3, 0.4) is 0 Å². The maximum absolute atomic E-state index is 13.5. The van der Waals surface area contributed by atoms with Crippen LogP contribution in [0, 0.1) is 0 Å². The smallest absolute Gasteiger partial charge is 0.320 e. The summed E-state index contributed by atoms with van der Waals surface area (Å²) in [5.41, 5.74) is 0.575. The highest BCUT2D eigenvalue weighted by atomic mass is 19.3. The van der Waals surface area contributed by atoms with Crippen LogP contribution in [0.5, 0.6) is 0 Å². The second-order valence-corrected chi connectivity index (χ2v) is 7.00. The third kappa shape index (κ3) is 4.08. The number of alkyl halides is 2. The van der Waals surface area contributed by atoms with Crippen molar-refractivity contribution >= 4 is 16.9 Å². The van der Waals surface area contributed by atoms with Crippen molar-refractivity contribution in [3.63, 3.8) is 0 Å². The topological polar surface area (TPSA) is 50.2 Å². The fourth-order valence-electron chi connectivity index (χ4n) is 2.58. The molecule has 0 radical (unpaired) electrons. The number of nitrogens with zero attached hydrogens (tertiary/aromatic N) is 3. The molecule has 0 aliphatic carbocycles. The summed E-state index contributed by atoms with van der Waals surface area (Å²) in [4.78, 5) is 18.1. The van der Waals surface area contributed by atoms with E-state index in [1.54, 1.807) is 43.1 Å². The Kier molecular flexibility index (Phi) is 5.22. The van der Waals surface area contributed by atoms with E-state index >= 15 is 0 Å². The minimum Gasteiger partial charge on any atom is -0.350 e. The molecule has 1 N–H and O–H groups in total. The van der Waals surface area contributed by atoms with Gasteiger partial charge in [-0.2, -0.15) is 8.78 Å². The number of nitrogens with one attached hydrogen (secondary N) is 1. The summed E-state index contributed by atoms with van der Waals surface area (Å²) in [5, 5.41) is 2.86. The monoisotopic (exact) mass is 338 g/mol. The Morgan fingerprint density at radius 3 is 2.54 bits per heavy atom. The fraction of sp³-hybridized carbons (Fsp3) is 0.529. The third-order valence-electron chi connectivity index (χ3n) is 3.76. The van der Waals surface area contributed by atoms with Crippen LogP contribution in [0.25, 0.3) is 11.0 Å². The van der Waals surface area contributed by atoms with Gasteiger partial charge in [-0.05, 0) is 46.9 Å². The van der Waals surface area contributed by atoms with Gasteiger partial charge in [0.1, 0.15) is 5.82 Å². The van der Waals surface area contributed by atoms with Gasteiger partial charge in [-0.3, -0.25) is 14.3 Å². The minimum absolute atomic E-state index is 0.102. The number of benzene rings is 1. The Morgan fingerprint density at radius 2 is 1.96 bits per heavy atom. The third-order valence-corrected chi connectivity index (χ3v) is 3.76. The second-order valence-electron chi connectivity index (χ2n) is 7.00. The molecule has 1 heterocycles. The number of fused-ring (bicyclic) bond motifs is 1. The molecular weight excluding hydrogens is 314 g/mol. The van der Waals surface area contributed by atoms with Gasteiger partial charge in [0.15, 0.2) is 0 Å². The first-order valence-electron chi connectivity index (χ1n) is 7.86. The van der Waals surface area contributed by atoms with Crippen molar-refractivity contribution in [1.29, 1.82) is 0 Å².